The van der Waals surface area contributed by atoms with Crippen molar-refractivity contribution in [2.45, 2.75) is 19.1 Å². The second-order valence-electron chi connectivity index (χ2n) is 7.40. The highest BCUT2D eigenvalue weighted by Crippen LogP contribution is 2.36. The van der Waals surface area contributed by atoms with Gasteiger partial charge in [0.2, 0.25) is 5.88 Å². The van der Waals surface area contributed by atoms with Crippen LogP contribution in [0.3, 0.4) is 0 Å². The van der Waals surface area contributed by atoms with E-state index in [1.807, 2.05) is 0 Å². The van der Waals surface area contributed by atoms with Crippen LogP contribution in [-0.4, -0.2) is 62.9 Å². The number of hydrogen-bond acceptors (Lipinski definition) is 8. The molecular weight excluding hydrogens is 471 g/mol. The molecular formula is C22H20F3N5O5. The summed E-state index contributed by atoms with van der Waals surface area (Å²) in [6.45, 7) is -1.31. The Morgan fingerprint density at radius 2 is 1.91 bits per heavy atom. The van der Waals surface area contributed by atoms with E-state index in [4.69, 9.17) is 14.2 Å². The third-order valence-corrected chi connectivity index (χ3v) is 5.18. The minimum atomic E-state index is -4.48. The van der Waals surface area contributed by atoms with Crippen molar-refractivity contribution in [2.24, 2.45) is 0 Å². The Bertz CT molecular complexity index is 1400. The van der Waals surface area contributed by atoms with E-state index in [1.54, 1.807) is 18.2 Å². The second kappa shape index (κ2) is 9.16. The van der Waals surface area contributed by atoms with E-state index in [0.29, 0.717) is 21.7 Å². The molecule has 0 radical (unpaired) electrons. The molecule has 13 heteroatoms. The van der Waals surface area contributed by atoms with Gasteiger partial charge in [-0.15, -0.1) is 0 Å². The van der Waals surface area contributed by atoms with E-state index in [-0.39, 0.29) is 40.5 Å². The van der Waals surface area contributed by atoms with Crippen LogP contribution in [0.4, 0.5) is 13.2 Å². The molecule has 0 aliphatic rings. The fraction of sp³-hybridized carbons (Fsp3) is 0.273. The van der Waals surface area contributed by atoms with Gasteiger partial charge in [-0.1, -0.05) is 0 Å². The second-order valence-corrected chi connectivity index (χ2v) is 7.40. The number of fused-ring (bicyclic) bond motifs is 1. The van der Waals surface area contributed by atoms with Crippen LogP contribution in [0.2, 0.25) is 0 Å². The zero-order valence-corrected chi connectivity index (χ0v) is 18.8. The van der Waals surface area contributed by atoms with Gasteiger partial charge in [-0.25, -0.2) is 9.97 Å². The maximum Gasteiger partial charge on any atom is 0.408 e. The molecule has 0 unspecified atom stereocenters. The Morgan fingerprint density at radius 3 is 2.57 bits per heavy atom. The highest BCUT2D eigenvalue weighted by atomic mass is 19.4. The number of pyridine rings is 2. The van der Waals surface area contributed by atoms with Crippen LogP contribution in [0.25, 0.3) is 27.8 Å². The van der Waals surface area contributed by atoms with Crippen molar-refractivity contribution >= 4 is 16.9 Å². The van der Waals surface area contributed by atoms with Crippen LogP contribution in [0, 0.1) is 0 Å². The lowest BCUT2D eigenvalue weighted by Gasteiger charge is -2.09. The van der Waals surface area contributed by atoms with Crippen molar-refractivity contribution in [3.8, 4) is 34.5 Å². The number of hydrogen-bond donors (Lipinski definition) is 1. The topological polar surface area (TPSA) is 114 Å². The molecule has 0 spiro atoms. The molecule has 4 aromatic heterocycles. The molecule has 4 rings (SSSR count). The third kappa shape index (κ3) is 4.69. The predicted octanol–water partition coefficient (Wildman–Crippen LogP) is 3.28. The molecule has 35 heavy (non-hydrogen) atoms. The molecule has 0 atom stereocenters. The Labute approximate surface area is 196 Å². The van der Waals surface area contributed by atoms with Gasteiger partial charge in [-0.3, -0.25) is 14.0 Å². The Kier molecular flexibility index (Phi) is 6.24. The predicted molar refractivity (Wildman–Crippen MR) is 117 cm³/mol. The number of alkyl halides is 3. The number of carbonyl (C=O) groups is 1. The molecule has 4 heterocycles. The molecule has 10 nitrogen and oxygen atoms in total. The van der Waals surface area contributed by atoms with E-state index < -0.39 is 18.7 Å². The lowest BCUT2D eigenvalue weighted by atomic mass is 10.1. The van der Waals surface area contributed by atoms with Gasteiger partial charge in [0.15, 0.2) is 5.75 Å². The maximum atomic E-state index is 12.8. The number of halogens is 3. The first-order valence-corrected chi connectivity index (χ1v) is 10.1. The summed E-state index contributed by atoms with van der Waals surface area (Å²) in [5, 5.41) is 14.9. The van der Waals surface area contributed by atoms with E-state index >= 15 is 0 Å². The first-order valence-electron chi connectivity index (χ1n) is 10.1. The molecule has 0 bridgehead atoms. The number of aromatic nitrogens is 5. The number of ether oxygens (including phenoxy) is 3. The van der Waals surface area contributed by atoms with E-state index in [2.05, 4.69) is 15.1 Å². The summed E-state index contributed by atoms with van der Waals surface area (Å²) in [5.41, 5.74) is 1.61. The molecule has 4 aromatic rings. The average molecular weight is 491 g/mol. The third-order valence-electron chi connectivity index (χ3n) is 5.18. The standard InChI is InChI=1S/C22H20F3N5O5/c1-33-17-6-12(8-26-20(17)35-3)15-5-4-14-19(28-15)16(7-18(31)34-2)30(21(14)32)13-9-27-29(10-13)11-22(23,24)25/h4-6,8-10,32H,7,11H2,1-3H3. The number of methoxy groups -OCH3 is 3. The largest absolute Gasteiger partial charge is 0.494 e. The number of carbonyl (C=O) groups excluding carboxylic acids is 1. The molecule has 0 saturated heterocycles. The summed E-state index contributed by atoms with van der Waals surface area (Å²) in [6.07, 6.45) is -0.992. The van der Waals surface area contributed by atoms with Gasteiger partial charge in [0.25, 0.3) is 5.88 Å². The normalized spacial score (nSPS) is 11.6. The van der Waals surface area contributed by atoms with Crippen molar-refractivity contribution in [3.63, 3.8) is 0 Å². The molecule has 184 valence electrons. The number of nitrogens with zero attached hydrogens (tertiary/aromatic N) is 5. The lowest BCUT2D eigenvalue weighted by Crippen LogP contribution is -2.17. The fourth-order valence-corrected chi connectivity index (χ4v) is 3.63. The number of esters is 1. The molecule has 1 N–H and O–H groups in total. The highest BCUT2D eigenvalue weighted by Gasteiger charge is 2.29. The average Bonchev–Trinajstić information content (AvgIpc) is 3.38. The minimum Gasteiger partial charge on any atom is -0.494 e. The van der Waals surface area contributed by atoms with Gasteiger partial charge in [0, 0.05) is 18.0 Å². The quantitative estimate of drug-likeness (QED) is 0.392. The monoisotopic (exact) mass is 491 g/mol. The Morgan fingerprint density at radius 1 is 1.14 bits per heavy atom. The van der Waals surface area contributed by atoms with Crippen LogP contribution < -0.4 is 9.47 Å². The van der Waals surface area contributed by atoms with E-state index in [9.17, 15) is 23.1 Å². The van der Waals surface area contributed by atoms with Gasteiger partial charge in [-0.2, -0.15) is 18.3 Å². The number of aromatic hydroxyl groups is 1. The Balaban J connectivity index is 1.88. The molecule has 0 aliphatic carbocycles. The Hall–Kier alpha value is -4.29. The van der Waals surface area contributed by atoms with Crippen LogP contribution in [0.15, 0.2) is 36.8 Å². The highest BCUT2D eigenvalue weighted by molar-refractivity contribution is 5.92. The van der Waals surface area contributed by atoms with Crippen molar-refractivity contribution in [2.75, 3.05) is 21.3 Å². The summed E-state index contributed by atoms with van der Waals surface area (Å²) in [7, 11) is 4.12. The van der Waals surface area contributed by atoms with E-state index in [1.165, 1.54) is 32.1 Å². The van der Waals surface area contributed by atoms with Crippen molar-refractivity contribution in [3.05, 3.63) is 42.5 Å². The van der Waals surface area contributed by atoms with Crippen LogP contribution >= 0.6 is 0 Å². The first-order chi connectivity index (χ1) is 16.6. The van der Waals surface area contributed by atoms with Crippen LogP contribution in [-0.2, 0) is 22.5 Å². The SMILES string of the molecule is COC(=O)Cc1c2nc(-c3cnc(OC)c(OC)c3)ccc2c(O)n1-c1cnn(CC(F)(F)F)c1. The summed E-state index contributed by atoms with van der Waals surface area (Å²) < 4.78 is 55.5. The molecule has 0 amide bonds. The van der Waals surface area contributed by atoms with E-state index in [0.717, 1.165) is 12.4 Å². The van der Waals surface area contributed by atoms with Crippen LogP contribution in [0.5, 0.6) is 17.5 Å². The van der Waals surface area contributed by atoms with Crippen molar-refractivity contribution < 1.29 is 37.3 Å². The summed E-state index contributed by atoms with van der Waals surface area (Å²) >= 11 is 0. The lowest BCUT2D eigenvalue weighted by molar-refractivity contribution is -0.142. The van der Waals surface area contributed by atoms with Gasteiger partial charge in [0.1, 0.15) is 6.54 Å². The van der Waals surface area contributed by atoms with Crippen LogP contribution in [0.1, 0.15) is 5.69 Å². The van der Waals surface area contributed by atoms with Crippen molar-refractivity contribution in [1.29, 1.82) is 0 Å². The van der Waals surface area contributed by atoms with Gasteiger partial charge in [0.05, 0.1) is 61.9 Å². The molecule has 0 saturated carbocycles. The zero-order chi connectivity index (χ0) is 25.3. The first kappa shape index (κ1) is 23.9. The van der Waals surface area contributed by atoms with Gasteiger partial charge in [-0.05, 0) is 18.2 Å². The zero-order valence-electron chi connectivity index (χ0n) is 18.8. The van der Waals surface area contributed by atoms with Crippen molar-refractivity contribution in [1.82, 2.24) is 24.3 Å². The fourth-order valence-electron chi connectivity index (χ4n) is 3.63. The number of rotatable bonds is 7. The molecule has 0 fully saturated rings. The van der Waals surface area contributed by atoms with Gasteiger partial charge < -0.3 is 19.3 Å². The summed E-state index contributed by atoms with van der Waals surface area (Å²) in [4.78, 5) is 21.0. The maximum absolute atomic E-state index is 12.8. The molecule has 0 aromatic carbocycles. The minimum absolute atomic E-state index is 0.123. The summed E-state index contributed by atoms with van der Waals surface area (Å²) in [5.74, 6) is -0.286. The summed E-state index contributed by atoms with van der Waals surface area (Å²) in [6, 6.07) is 4.88. The van der Waals surface area contributed by atoms with Gasteiger partial charge >= 0.3 is 12.1 Å². The smallest absolute Gasteiger partial charge is 0.408 e. The molecule has 0 aliphatic heterocycles.